The molecule has 0 saturated carbocycles. The Labute approximate surface area is 115 Å². The Morgan fingerprint density at radius 2 is 1.82 bits per heavy atom. The van der Waals surface area contributed by atoms with Crippen molar-refractivity contribution in [3.63, 3.8) is 0 Å². The summed E-state index contributed by atoms with van der Waals surface area (Å²) in [7, 11) is 0. The first-order chi connectivity index (χ1) is 7.79. The van der Waals surface area contributed by atoms with E-state index < -0.39 is 0 Å². The average molecular weight is 313 g/mol. The van der Waals surface area contributed by atoms with E-state index in [1.165, 1.54) is 0 Å². The minimum Gasteiger partial charge on any atom is -0.252 e. The van der Waals surface area contributed by atoms with Crippen LogP contribution in [-0.4, -0.2) is 4.98 Å². The fraction of sp³-hybridized carbons (Fsp3) is 0.357. The van der Waals surface area contributed by atoms with Gasteiger partial charge in [-0.3, -0.25) is 4.98 Å². The van der Waals surface area contributed by atoms with Gasteiger partial charge in [0.25, 0.3) is 0 Å². The van der Waals surface area contributed by atoms with Crippen molar-refractivity contribution in [2.75, 3.05) is 0 Å². The zero-order valence-corrected chi connectivity index (χ0v) is 12.8. The lowest BCUT2D eigenvalue weighted by Gasteiger charge is -2.19. The fourth-order valence-corrected chi connectivity index (χ4v) is 2.62. The summed E-state index contributed by atoms with van der Waals surface area (Å²) < 4.78 is 1.04. The van der Waals surface area contributed by atoms with Crippen LogP contribution < -0.4 is 0 Å². The van der Waals surface area contributed by atoms with Crippen molar-refractivity contribution in [3.8, 4) is 0 Å². The zero-order chi connectivity index (χ0) is 12.8. The molecule has 0 aliphatic rings. The van der Waals surface area contributed by atoms with E-state index in [1.807, 2.05) is 12.1 Å². The van der Waals surface area contributed by atoms with E-state index in [2.05, 4.69) is 49.7 Å². The monoisotopic (exact) mass is 311 g/mol. The van der Waals surface area contributed by atoms with Crippen molar-refractivity contribution < 1.29 is 0 Å². The van der Waals surface area contributed by atoms with Crippen LogP contribution in [0.4, 0.5) is 0 Å². The average Bonchev–Trinajstić information content (AvgIpc) is 2.17. The Kier molecular flexibility index (Phi) is 3.21. The quantitative estimate of drug-likeness (QED) is 0.647. The van der Waals surface area contributed by atoms with Crippen LogP contribution in [0, 0.1) is 6.92 Å². The largest absolute Gasteiger partial charge is 0.252 e. The van der Waals surface area contributed by atoms with Crippen molar-refractivity contribution in [2.24, 2.45) is 0 Å². The van der Waals surface area contributed by atoms with Gasteiger partial charge in [-0.05, 0) is 30.7 Å². The molecule has 0 saturated heterocycles. The van der Waals surface area contributed by atoms with Crippen molar-refractivity contribution in [1.82, 2.24) is 4.98 Å². The SMILES string of the molecule is Cc1cc(Br)cc2c(Cl)cc(C(C)(C)C)nc12. The molecule has 0 bridgehead atoms. The minimum absolute atomic E-state index is 0.0113. The summed E-state index contributed by atoms with van der Waals surface area (Å²) in [5, 5.41) is 1.77. The minimum atomic E-state index is 0.0113. The molecule has 2 aromatic rings. The normalized spacial score (nSPS) is 12.1. The fourth-order valence-electron chi connectivity index (χ4n) is 1.80. The third-order valence-corrected chi connectivity index (χ3v) is 3.56. The summed E-state index contributed by atoms with van der Waals surface area (Å²) >= 11 is 9.84. The highest BCUT2D eigenvalue weighted by atomic mass is 79.9. The highest BCUT2D eigenvalue weighted by Crippen LogP contribution is 2.32. The molecule has 0 spiro atoms. The van der Waals surface area contributed by atoms with E-state index in [0.29, 0.717) is 0 Å². The third-order valence-electron chi connectivity index (χ3n) is 2.79. The first-order valence-corrected chi connectivity index (χ1v) is 6.73. The van der Waals surface area contributed by atoms with Gasteiger partial charge < -0.3 is 0 Å². The van der Waals surface area contributed by atoms with Crippen LogP contribution in [-0.2, 0) is 5.41 Å². The highest BCUT2D eigenvalue weighted by molar-refractivity contribution is 9.10. The summed E-state index contributed by atoms with van der Waals surface area (Å²) in [5.41, 5.74) is 3.17. The molecule has 0 aliphatic carbocycles. The maximum atomic E-state index is 6.35. The first kappa shape index (κ1) is 12.8. The van der Waals surface area contributed by atoms with Crippen LogP contribution in [0.25, 0.3) is 10.9 Å². The molecule has 0 radical (unpaired) electrons. The van der Waals surface area contributed by atoms with E-state index in [9.17, 15) is 0 Å². The third kappa shape index (κ3) is 2.48. The smallest absolute Gasteiger partial charge is 0.0750 e. The maximum Gasteiger partial charge on any atom is 0.0750 e. The topological polar surface area (TPSA) is 12.9 Å². The van der Waals surface area contributed by atoms with Crippen LogP contribution in [0.1, 0.15) is 32.0 Å². The Hall–Kier alpha value is -0.600. The molecule has 0 aliphatic heterocycles. The van der Waals surface area contributed by atoms with Crippen LogP contribution in [0.15, 0.2) is 22.7 Å². The summed E-state index contributed by atoms with van der Waals surface area (Å²) in [4.78, 5) is 4.74. The predicted molar refractivity (Wildman–Crippen MR) is 77.9 cm³/mol. The number of nitrogens with zero attached hydrogens (tertiary/aromatic N) is 1. The standard InChI is InChI=1S/C14H15BrClN/c1-8-5-9(15)6-10-11(16)7-12(14(2,3)4)17-13(8)10/h5-7H,1-4H3. The second-order valence-electron chi connectivity index (χ2n) is 5.36. The van der Waals surface area contributed by atoms with Crippen molar-refractivity contribution in [3.05, 3.63) is 39.0 Å². The summed E-state index contributed by atoms with van der Waals surface area (Å²) in [5.74, 6) is 0. The van der Waals surface area contributed by atoms with E-state index >= 15 is 0 Å². The predicted octanol–water partition coefficient (Wildman–Crippen LogP) is 5.26. The van der Waals surface area contributed by atoms with Crippen molar-refractivity contribution >= 4 is 38.4 Å². The molecular weight excluding hydrogens is 298 g/mol. The highest BCUT2D eigenvalue weighted by Gasteiger charge is 2.18. The van der Waals surface area contributed by atoms with Gasteiger partial charge in [0.05, 0.1) is 10.5 Å². The second-order valence-corrected chi connectivity index (χ2v) is 6.68. The van der Waals surface area contributed by atoms with Crippen LogP contribution in [0.3, 0.4) is 0 Å². The number of aromatic nitrogens is 1. The second kappa shape index (κ2) is 4.25. The number of rotatable bonds is 0. The molecule has 90 valence electrons. The van der Waals surface area contributed by atoms with Gasteiger partial charge in [-0.1, -0.05) is 48.3 Å². The molecule has 1 aromatic heterocycles. The van der Waals surface area contributed by atoms with Gasteiger partial charge in [0, 0.05) is 21.0 Å². The molecule has 0 unspecified atom stereocenters. The van der Waals surface area contributed by atoms with Gasteiger partial charge in [0.15, 0.2) is 0 Å². The van der Waals surface area contributed by atoms with E-state index in [4.69, 9.17) is 16.6 Å². The number of pyridine rings is 1. The summed E-state index contributed by atoms with van der Waals surface area (Å²) in [6, 6.07) is 6.05. The summed E-state index contributed by atoms with van der Waals surface area (Å²) in [6.07, 6.45) is 0. The van der Waals surface area contributed by atoms with Gasteiger partial charge in [0.2, 0.25) is 0 Å². The lowest BCUT2D eigenvalue weighted by molar-refractivity contribution is 0.571. The molecule has 1 nitrogen and oxygen atoms in total. The van der Waals surface area contributed by atoms with Crippen LogP contribution >= 0.6 is 27.5 Å². The van der Waals surface area contributed by atoms with Crippen LogP contribution in [0.5, 0.6) is 0 Å². The molecule has 0 amide bonds. The molecule has 3 heteroatoms. The van der Waals surface area contributed by atoms with E-state index in [1.54, 1.807) is 0 Å². The van der Waals surface area contributed by atoms with E-state index in [-0.39, 0.29) is 5.41 Å². The Balaban J connectivity index is 2.83. The Morgan fingerprint density at radius 3 is 2.41 bits per heavy atom. The van der Waals surface area contributed by atoms with Crippen LogP contribution in [0.2, 0.25) is 5.02 Å². The number of halogens is 2. The molecule has 0 N–H and O–H groups in total. The first-order valence-electron chi connectivity index (χ1n) is 5.56. The number of hydrogen-bond acceptors (Lipinski definition) is 1. The molecule has 0 atom stereocenters. The Bertz CT molecular complexity index is 585. The van der Waals surface area contributed by atoms with Crippen molar-refractivity contribution in [2.45, 2.75) is 33.1 Å². The number of benzene rings is 1. The van der Waals surface area contributed by atoms with Gasteiger partial charge in [-0.25, -0.2) is 0 Å². The molecule has 2 rings (SSSR count). The molecule has 0 fully saturated rings. The number of aryl methyl sites for hydroxylation is 1. The molecule has 17 heavy (non-hydrogen) atoms. The zero-order valence-electron chi connectivity index (χ0n) is 10.4. The molecule has 1 heterocycles. The molecule has 1 aromatic carbocycles. The molecular formula is C14H15BrClN. The van der Waals surface area contributed by atoms with Gasteiger partial charge in [0.1, 0.15) is 0 Å². The number of hydrogen-bond donors (Lipinski definition) is 0. The van der Waals surface area contributed by atoms with Crippen molar-refractivity contribution in [1.29, 1.82) is 0 Å². The van der Waals surface area contributed by atoms with Gasteiger partial charge in [-0.2, -0.15) is 0 Å². The van der Waals surface area contributed by atoms with Gasteiger partial charge in [-0.15, -0.1) is 0 Å². The Morgan fingerprint density at radius 1 is 1.18 bits per heavy atom. The number of fused-ring (bicyclic) bond motifs is 1. The van der Waals surface area contributed by atoms with Gasteiger partial charge >= 0.3 is 0 Å². The lowest BCUT2D eigenvalue weighted by atomic mass is 9.91. The lowest BCUT2D eigenvalue weighted by Crippen LogP contribution is -2.13. The maximum absolute atomic E-state index is 6.35. The van der Waals surface area contributed by atoms with E-state index in [0.717, 1.165) is 31.7 Å². The summed E-state index contributed by atoms with van der Waals surface area (Å²) in [6.45, 7) is 8.49.